The van der Waals surface area contributed by atoms with Crippen molar-refractivity contribution in [1.82, 2.24) is 14.4 Å². The Kier molecular flexibility index (Phi) is 5.61. The predicted octanol–water partition coefficient (Wildman–Crippen LogP) is 4.15. The monoisotopic (exact) mass is 416 g/mol. The van der Waals surface area contributed by atoms with Crippen LogP contribution in [-0.4, -0.2) is 32.4 Å². The van der Waals surface area contributed by atoms with Gasteiger partial charge in [-0.2, -0.15) is 9.37 Å². The number of nitrogen functional groups attached to an aromatic ring is 1. The molecule has 0 saturated heterocycles. The maximum absolute atomic E-state index is 14.4. The standard InChI is InChI=1S/C20H22F2N6S/c1-20(2,3)29-16-10-28-15(13-5-14(21)19(24)27-18(13)22)9-26-17(28)6-12(16)11(7-23)8-25-4/h5-10H,23H2,1-4H3,(H2,24,27)/b11-7+,25-8?. The first kappa shape index (κ1) is 20.8. The zero-order valence-electron chi connectivity index (χ0n) is 16.6. The van der Waals surface area contributed by atoms with E-state index in [4.69, 9.17) is 11.5 Å². The first-order valence-corrected chi connectivity index (χ1v) is 9.62. The first-order chi connectivity index (χ1) is 13.6. The first-order valence-electron chi connectivity index (χ1n) is 8.81. The van der Waals surface area contributed by atoms with Gasteiger partial charge in [0.05, 0.1) is 17.5 Å². The molecule has 3 rings (SSSR count). The zero-order valence-corrected chi connectivity index (χ0v) is 17.4. The molecule has 0 aliphatic carbocycles. The lowest BCUT2D eigenvalue weighted by molar-refractivity contribution is 0.568. The van der Waals surface area contributed by atoms with Crippen LogP contribution < -0.4 is 11.5 Å². The van der Waals surface area contributed by atoms with Crippen molar-refractivity contribution < 1.29 is 8.78 Å². The molecule has 3 heterocycles. The van der Waals surface area contributed by atoms with Gasteiger partial charge < -0.3 is 11.5 Å². The fraction of sp³-hybridized carbons (Fsp3) is 0.250. The summed E-state index contributed by atoms with van der Waals surface area (Å²) in [7, 11) is 1.66. The van der Waals surface area contributed by atoms with E-state index in [2.05, 4.69) is 35.7 Å². The summed E-state index contributed by atoms with van der Waals surface area (Å²) in [4.78, 5) is 12.8. The molecule has 0 bridgehead atoms. The molecule has 4 N–H and O–H groups in total. The number of halogens is 2. The number of aliphatic imine (C=N–C) groups is 1. The van der Waals surface area contributed by atoms with Crippen LogP contribution in [0.3, 0.4) is 0 Å². The van der Waals surface area contributed by atoms with Crippen molar-refractivity contribution in [3.8, 4) is 11.3 Å². The van der Waals surface area contributed by atoms with Gasteiger partial charge in [-0.1, -0.05) is 20.8 Å². The molecule has 0 fully saturated rings. The number of hydrogen-bond donors (Lipinski definition) is 2. The molecular formula is C20H22F2N6S. The van der Waals surface area contributed by atoms with Crippen molar-refractivity contribution in [2.75, 3.05) is 12.8 Å². The Morgan fingerprint density at radius 3 is 2.62 bits per heavy atom. The quantitative estimate of drug-likeness (QED) is 0.379. The highest BCUT2D eigenvalue weighted by Gasteiger charge is 2.20. The molecule has 9 heteroatoms. The molecule has 0 atom stereocenters. The van der Waals surface area contributed by atoms with Crippen LogP contribution in [0.15, 0.2) is 40.6 Å². The zero-order chi connectivity index (χ0) is 21.3. The van der Waals surface area contributed by atoms with Crippen molar-refractivity contribution in [1.29, 1.82) is 0 Å². The third-order valence-corrected chi connectivity index (χ3v) is 5.18. The lowest BCUT2D eigenvalue weighted by Crippen LogP contribution is -2.09. The Balaban J connectivity index is 2.28. The molecule has 3 aromatic heterocycles. The van der Waals surface area contributed by atoms with E-state index in [0.717, 1.165) is 22.1 Å². The number of aromatic nitrogens is 3. The van der Waals surface area contributed by atoms with E-state index < -0.39 is 17.6 Å². The SMILES string of the molecule is CN=C/C(=C\N)c1cc2ncc(-c3cc(F)c(N)nc3F)n2cc1SC(C)(C)C. The Labute approximate surface area is 171 Å². The maximum Gasteiger partial charge on any atom is 0.224 e. The van der Waals surface area contributed by atoms with Crippen LogP contribution in [0, 0.1) is 11.8 Å². The highest BCUT2D eigenvalue weighted by molar-refractivity contribution is 8.00. The van der Waals surface area contributed by atoms with E-state index in [1.54, 1.807) is 29.4 Å². The van der Waals surface area contributed by atoms with Gasteiger partial charge in [-0.05, 0) is 12.1 Å². The van der Waals surface area contributed by atoms with Crippen LogP contribution in [-0.2, 0) is 0 Å². The normalized spacial score (nSPS) is 13.0. The second-order valence-corrected chi connectivity index (χ2v) is 9.21. The summed E-state index contributed by atoms with van der Waals surface area (Å²) < 4.78 is 29.9. The number of hydrogen-bond acceptors (Lipinski definition) is 6. The van der Waals surface area contributed by atoms with Gasteiger partial charge in [-0.15, -0.1) is 11.8 Å². The third-order valence-electron chi connectivity index (χ3n) is 4.02. The number of pyridine rings is 2. The number of anilines is 1. The van der Waals surface area contributed by atoms with Crippen LogP contribution in [0.2, 0.25) is 0 Å². The second-order valence-electron chi connectivity index (χ2n) is 7.34. The van der Waals surface area contributed by atoms with Gasteiger partial charge in [-0.25, -0.2) is 9.37 Å². The molecule has 6 nitrogen and oxygen atoms in total. The highest BCUT2D eigenvalue weighted by Crippen LogP contribution is 2.38. The van der Waals surface area contributed by atoms with Crippen LogP contribution in [0.4, 0.5) is 14.6 Å². The van der Waals surface area contributed by atoms with Crippen LogP contribution >= 0.6 is 11.8 Å². The maximum atomic E-state index is 14.4. The largest absolute Gasteiger partial charge is 0.404 e. The molecule has 152 valence electrons. The molecule has 0 aromatic carbocycles. The lowest BCUT2D eigenvalue weighted by Gasteiger charge is -2.21. The van der Waals surface area contributed by atoms with E-state index in [0.29, 0.717) is 11.3 Å². The van der Waals surface area contributed by atoms with Crippen molar-refractivity contribution >= 4 is 35.0 Å². The molecule has 0 radical (unpaired) electrons. The third kappa shape index (κ3) is 4.24. The van der Waals surface area contributed by atoms with Crippen molar-refractivity contribution in [2.45, 2.75) is 30.4 Å². The molecule has 0 unspecified atom stereocenters. The summed E-state index contributed by atoms with van der Waals surface area (Å²) in [5.41, 5.74) is 13.7. The average Bonchev–Trinajstić information content (AvgIpc) is 3.03. The number of imidazole rings is 1. The minimum absolute atomic E-state index is 0.0200. The number of nitrogens with zero attached hydrogens (tertiary/aromatic N) is 4. The molecule has 29 heavy (non-hydrogen) atoms. The summed E-state index contributed by atoms with van der Waals surface area (Å²) in [5.74, 6) is -2.13. The van der Waals surface area contributed by atoms with Crippen LogP contribution in [0.1, 0.15) is 26.3 Å². The minimum atomic E-state index is -0.861. The van der Waals surface area contributed by atoms with E-state index in [-0.39, 0.29) is 10.3 Å². The molecule has 0 spiro atoms. The highest BCUT2D eigenvalue weighted by atomic mass is 32.2. The number of nitrogens with two attached hydrogens (primary N) is 2. The van der Waals surface area contributed by atoms with Gasteiger partial charge in [-0.3, -0.25) is 9.39 Å². The van der Waals surface area contributed by atoms with Crippen molar-refractivity contribution in [2.24, 2.45) is 10.7 Å². The van der Waals surface area contributed by atoms with E-state index in [1.165, 1.54) is 12.4 Å². The molecule has 0 aliphatic rings. The number of allylic oxidation sites excluding steroid dienone is 1. The topological polar surface area (TPSA) is 94.6 Å². The van der Waals surface area contributed by atoms with E-state index in [1.807, 2.05) is 12.3 Å². The van der Waals surface area contributed by atoms with Crippen molar-refractivity contribution in [3.05, 3.63) is 48.1 Å². The van der Waals surface area contributed by atoms with E-state index >= 15 is 0 Å². The van der Waals surface area contributed by atoms with Gasteiger partial charge >= 0.3 is 0 Å². The molecule has 0 aliphatic heterocycles. The smallest absolute Gasteiger partial charge is 0.224 e. The number of thioether (sulfide) groups is 1. The molecule has 3 aromatic rings. The van der Waals surface area contributed by atoms with Gasteiger partial charge in [0.25, 0.3) is 0 Å². The lowest BCUT2D eigenvalue weighted by atomic mass is 10.1. The van der Waals surface area contributed by atoms with Gasteiger partial charge in [0, 0.05) is 46.4 Å². The predicted molar refractivity (Wildman–Crippen MR) is 115 cm³/mol. The summed E-state index contributed by atoms with van der Waals surface area (Å²) >= 11 is 1.62. The Bertz CT molecular complexity index is 1130. The Hall–Kier alpha value is -2.94. The fourth-order valence-electron chi connectivity index (χ4n) is 2.84. The molecule has 0 saturated carbocycles. The second kappa shape index (κ2) is 7.82. The Morgan fingerprint density at radius 2 is 2.00 bits per heavy atom. The molecule has 0 amide bonds. The van der Waals surface area contributed by atoms with Crippen molar-refractivity contribution in [3.63, 3.8) is 0 Å². The summed E-state index contributed by atoms with van der Waals surface area (Å²) in [6.45, 7) is 6.25. The molecular weight excluding hydrogens is 394 g/mol. The fourth-order valence-corrected chi connectivity index (χ4v) is 3.95. The Morgan fingerprint density at radius 1 is 1.28 bits per heavy atom. The number of fused-ring (bicyclic) bond motifs is 1. The van der Waals surface area contributed by atoms with Gasteiger partial charge in [0.15, 0.2) is 11.6 Å². The number of rotatable bonds is 4. The van der Waals surface area contributed by atoms with Gasteiger partial charge in [0.2, 0.25) is 5.95 Å². The summed E-state index contributed by atoms with van der Waals surface area (Å²) in [5, 5.41) is 0. The summed E-state index contributed by atoms with van der Waals surface area (Å²) in [6.07, 6.45) is 6.46. The minimum Gasteiger partial charge on any atom is -0.404 e. The van der Waals surface area contributed by atoms with Crippen LogP contribution in [0.25, 0.3) is 22.5 Å². The summed E-state index contributed by atoms with van der Waals surface area (Å²) in [6, 6.07) is 2.87. The van der Waals surface area contributed by atoms with E-state index in [9.17, 15) is 8.78 Å². The van der Waals surface area contributed by atoms with Gasteiger partial charge in [0.1, 0.15) is 5.65 Å². The average molecular weight is 417 g/mol. The van der Waals surface area contributed by atoms with Crippen LogP contribution in [0.5, 0.6) is 0 Å².